The summed E-state index contributed by atoms with van der Waals surface area (Å²) in [6.07, 6.45) is 0. The van der Waals surface area contributed by atoms with Crippen LogP contribution in [0.3, 0.4) is 0 Å². The van der Waals surface area contributed by atoms with Crippen LogP contribution in [0.15, 0.2) is 0 Å². The summed E-state index contributed by atoms with van der Waals surface area (Å²) in [5.41, 5.74) is 4.08. The predicted octanol–water partition coefficient (Wildman–Crippen LogP) is 0.712. The van der Waals surface area contributed by atoms with Crippen molar-refractivity contribution in [3.63, 3.8) is 0 Å². The highest BCUT2D eigenvalue weighted by Gasteiger charge is 2.48. The number of esters is 2. The first-order valence-corrected chi connectivity index (χ1v) is 5.04. The van der Waals surface area contributed by atoms with Gasteiger partial charge in [0, 0.05) is 6.04 Å². The molecule has 0 saturated carbocycles. The van der Waals surface area contributed by atoms with E-state index < -0.39 is 28.8 Å². The SMILES string of the molecule is COC(=O)C(C)(C)C(N)C(C)(C)C(=O)OC. The smallest absolute Gasteiger partial charge is 0.312 e. The van der Waals surface area contributed by atoms with Crippen molar-refractivity contribution in [2.75, 3.05) is 14.2 Å². The van der Waals surface area contributed by atoms with Crippen LogP contribution >= 0.6 is 0 Å². The summed E-state index contributed by atoms with van der Waals surface area (Å²) < 4.78 is 9.35. The van der Waals surface area contributed by atoms with Crippen LogP contribution in [0.25, 0.3) is 0 Å². The number of hydrogen-bond donors (Lipinski definition) is 1. The Balaban J connectivity index is 5.11. The molecule has 5 nitrogen and oxygen atoms in total. The number of ether oxygens (including phenoxy) is 2. The average Bonchev–Trinajstić information content (AvgIpc) is 2.25. The molecular formula is C11H21NO4. The lowest BCUT2D eigenvalue weighted by atomic mass is 9.70. The first-order valence-electron chi connectivity index (χ1n) is 5.04. The van der Waals surface area contributed by atoms with Gasteiger partial charge in [-0.3, -0.25) is 9.59 Å². The van der Waals surface area contributed by atoms with E-state index in [0.29, 0.717) is 0 Å². The van der Waals surface area contributed by atoms with Crippen molar-refractivity contribution >= 4 is 11.9 Å². The molecule has 0 aliphatic heterocycles. The van der Waals surface area contributed by atoms with Crippen LogP contribution in [0.4, 0.5) is 0 Å². The van der Waals surface area contributed by atoms with E-state index in [1.165, 1.54) is 14.2 Å². The van der Waals surface area contributed by atoms with E-state index in [-0.39, 0.29) is 0 Å². The third kappa shape index (κ3) is 2.52. The van der Waals surface area contributed by atoms with Crippen LogP contribution in [-0.2, 0) is 19.1 Å². The fourth-order valence-electron chi connectivity index (χ4n) is 1.68. The number of methoxy groups -OCH3 is 2. The maximum Gasteiger partial charge on any atom is 0.312 e. The van der Waals surface area contributed by atoms with E-state index in [4.69, 9.17) is 5.73 Å². The molecule has 0 aliphatic carbocycles. The number of rotatable bonds is 4. The van der Waals surface area contributed by atoms with Gasteiger partial charge in [0.05, 0.1) is 25.0 Å². The fourth-order valence-corrected chi connectivity index (χ4v) is 1.68. The van der Waals surface area contributed by atoms with Gasteiger partial charge in [-0.25, -0.2) is 0 Å². The maximum atomic E-state index is 11.6. The van der Waals surface area contributed by atoms with E-state index in [1.807, 2.05) is 0 Å². The van der Waals surface area contributed by atoms with Crippen LogP contribution in [-0.4, -0.2) is 32.2 Å². The normalized spacial score (nSPS) is 12.5. The molecule has 0 heterocycles. The first-order chi connectivity index (χ1) is 7.12. The topological polar surface area (TPSA) is 78.6 Å². The molecule has 0 aliphatic rings. The van der Waals surface area contributed by atoms with E-state index in [1.54, 1.807) is 27.7 Å². The zero-order valence-electron chi connectivity index (χ0n) is 10.8. The van der Waals surface area contributed by atoms with Crippen LogP contribution in [0.1, 0.15) is 27.7 Å². The van der Waals surface area contributed by atoms with E-state index >= 15 is 0 Å². The quantitative estimate of drug-likeness (QED) is 0.721. The third-order valence-corrected chi connectivity index (χ3v) is 2.98. The van der Waals surface area contributed by atoms with Gasteiger partial charge in [-0.05, 0) is 27.7 Å². The van der Waals surface area contributed by atoms with Crippen molar-refractivity contribution in [2.45, 2.75) is 33.7 Å². The summed E-state index contributed by atoms with van der Waals surface area (Å²) in [5, 5.41) is 0. The lowest BCUT2D eigenvalue weighted by Crippen LogP contribution is -2.55. The number of carbonyl (C=O) groups is 2. The van der Waals surface area contributed by atoms with Crippen LogP contribution in [0, 0.1) is 10.8 Å². The fraction of sp³-hybridized carbons (Fsp3) is 0.818. The second-order valence-corrected chi connectivity index (χ2v) is 4.90. The summed E-state index contributed by atoms with van der Waals surface area (Å²) in [6.45, 7) is 6.59. The summed E-state index contributed by atoms with van der Waals surface area (Å²) in [5.74, 6) is -0.894. The van der Waals surface area contributed by atoms with Crippen molar-refractivity contribution in [1.29, 1.82) is 0 Å². The Morgan fingerprint density at radius 3 is 1.38 bits per heavy atom. The van der Waals surface area contributed by atoms with Gasteiger partial charge in [0.25, 0.3) is 0 Å². The van der Waals surface area contributed by atoms with Gasteiger partial charge >= 0.3 is 11.9 Å². The molecule has 0 radical (unpaired) electrons. The van der Waals surface area contributed by atoms with Crippen molar-refractivity contribution < 1.29 is 19.1 Å². The largest absolute Gasteiger partial charge is 0.469 e. The molecule has 0 unspecified atom stereocenters. The molecule has 0 spiro atoms. The monoisotopic (exact) mass is 231 g/mol. The first kappa shape index (κ1) is 14.9. The maximum absolute atomic E-state index is 11.6. The predicted molar refractivity (Wildman–Crippen MR) is 59.6 cm³/mol. The Bertz CT molecular complexity index is 256. The zero-order chi connectivity index (χ0) is 13.1. The highest BCUT2D eigenvalue weighted by molar-refractivity contribution is 5.81. The molecule has 0 aromatic rings. The number of carbonyl (C=O) groups excluding carboxylic acids is 2. The second-order valence-electron chi connectivity index (χ2n) is 4.90. The summed E-state index contributed by atoms with van der Waals surface area (Å²) in [7, 11) is 2.59. The second kappa shape index (κ2) is 4.82. The lowest BCUT2D eigenvalue weighted by molar-refractivity contribution is -0.160. The summed E-state index contributed by atoms with van der Waals surface area (Å²) in [6, 6.07) is -0.695. The molecule has 0 fully saturated rings. The summed E-state index contributed by atoms with van der Waals surface area (Å²) >= 11 is 0. The van der Waals surface area contributed by atoms with Crippen LogP contribution in [0.2, 0.25) is 0 Å². The van der Waals surface area contributed by atoms with Crippen molar-refractivity contribution in [2.24, 2.45) is 16.6 Å². The highest BCUT2D eigenvalue weighted by Crippen LogP contribution is 2.34. The van der Waals surface area contributed by atoms with Crippen molar-refractivity contribution in [1.82, 2.24) is 0 Å². The Morgan fingerprint density at radius 2 is 1.19 bits per heavy atom. The molecule has 0 bridgehead atoms. The van der Waals surface area contributed by atoms with Crippen molar-refractivity contribution in [3.8, 4) is 0 Å². The van der Waals surface area contributed by atoms with Gasteiger partial charge in [0.15, 0.2) is 0 Å². The molecular weight excluding hydrogens is 210 g/mol. The number of hydrogen-bond acceptors (Lipinski definition) is 5. The Hall–Kier alpha value is -1.10. The Labute approximate surface area is 96.3 Å². The molecule has 94 valence electrons. The van der Waals surface area contributed by atoms with Gasteiger partial charge in [0.1, 0.15) is 0 Å². The van der Waals surface area contributed by atoms with Gasteiger partial charge < -0.3 is 15.2 Å². The Morgan fingerprint density at radius 1 is 0.938 bits per heavy atom. The van der Waals surface area contributed by atoms with E-state index in [0.717, 1.165) is 0 Å². The molecule has 5 heteroatoms. The molecule has 0 amide bonds. The zero-order valence-corrected chi connectivity index (χ0v) is 10.8. The minimum absolute atomic E-state index is 0.447. The Kier molecular flexibility index (Phi) is 4.49. The number of nitrogens with two attached hydrogens (primary N) is 1. The molecule has 16 heavy (non-hydrogen) atoms. The standard InChI is InChI=1S/C11H21NO4/c1-10(2,8(13)15-5)7(12)11(3,4)9(14)16-6/h7H,12H2,1-6H3. The molecule has 0 atom stereocenters. The average molecular weight is 231 g/mol. The van der Waals surface area contributed by atoms with Gasteiger partial charge in [-0.1, -0.05) is 0 Å². The van der Waals surface area contributed by atoms with Crippen molar-refractivity contribution in [3.05, 3.63) is 0 Å². The highest BCUT2D eigenvalue weighted by atomic mass is 16.5. The van der Waals surface area contributed by atoms with Crippen LogP contribution in [0.5, 0.6) is 0 Å². The van der Waals surface area contributed by atoms with Gasteiger partial charge in [0.2, 0.25) is 0 Å². The summed E-state index contributed by atoms with van der Waals surface area (Å²) in [4.78, 5) is 23.2. The molecule has 0 aromatic heterocycles. The minimum Gasteiger partial charge on any atom is -0.469 e. The lowest BCUT2D eigenvalue weighted by Gasteiger charge is -2.38. The van der Waals surface area contributed by atoms with Gasteiger partial charge in [-0.2, -0.15) is 0 Å². The van der Waals surface area contributed by atoms with E-state index in [2.05, 4.69) is 9.47 Å². The molecule has 0 saturated heterocycles. The molecule has 0 rings (SSSR count). The van der Waals surface area contributed by atoms with E-state index in [9.17, 15) is 9.59 Å². The third-order valence-electron chi connectivity index (χ3n) is 2.98. The molecule has 2 N–H and O–H groups in total. The molecule has 0 aromatic carbocycles. The minimum atomic E-state index is -0.952. The van der Waals surface area contributed by atoms with Crippen LogP contribution < -0.4 is 5.73 Å². The van der Waals surface area contributed by atoms with Gasteiger partial charge in [-0.15, -0.1) is 0 Å².